The first-order chi connectivity index (χ1) is 5.77. The Morgan fingerprint density at radius 1 is 0.462 bits per heavy atom. The molecule has 0 aliphatic heterocycles. The lowest BCUT2D eigenvalue weighted by Gasteiger charge is -2.29. The molecule has 13 heavy (non-hydrogen) atoms. The van der Waals surface area contributed by atoms with Crippen LogP contribution in [0.3, 0.4) is 0 Å². The molecule has 0 aromatic heterocycles. The van der Waals surface area contributed by atoms with Crippen LogP contribution in [0, 0.1) is 0 Å². The minimum absolute atomic E-state index is 2.73. The summed E-state index contributed by atoms with van der Waals surface area (Å²) in [7, 11) is -10.9. The normalized spacial score (nSPS) is 11.1. The first-order valence-corrected chi connectivity index (χ1v) is 3.22. The summed E-state index contributed by atoms with van der Waals surface area (Å²) in [5.74, 6) is 0. The monoisotopic (exact) mass is 192 g/mol. The van der Waals surface area contributed by atoms with Gasteiger partial charge in [-0.2, -0.15) is 0 Å². The summed E-state index contributed by atoms with van der Waals surface area (Å²) < 4.78 is 0. The maximum atomic E-state index is 8.57. The quantitative estimate of drug-likeness (QED) is 0.204. The van der Waals surface area contributed by atoms with Crippen LogP contribution < -0.4 is 0 Å². The van der Waals surface area contributed by atoms with Crippen molar-refractivity contribution < 1.29 is 40.2 Å². The molecule has 0 spiro atoms. The van der Waals surface area contributed by atoms with Crippen LogP contribution in [0.1, 0.15) is 0 Å². The third-order valence-corrected chi connectivity index (χ3v) is 1.79. The Kier molecular flexibility index (Phi) is 4.42. The molecular formula is CH8B4O8. The van der Waals surface area contributed by atoms with Crippen LogP contribution in [0.2, 0.25) is 5.01 Å². The van der Waals surface area contributed by atoms with Crippen molar-refractivity contribution in [3.8, 4) is 0 Å². The lowest BCUT2D eigenvalue weighted by atomic mass is 9.13. The van der Waals surface area contributed by atoms with E-state index < -0.39 is 33.5 Å². The SMILES string of the molecule is OB(O)C(B(O)O)(B(O)O)B(O)O. The fraction of sp³-hybridized carbons (Fsp3) is 1.00. The molecule has 0 radical (unpaired) electrons. The van der Waals surface area contributed by atoms with Crippen LogP contribution in [0.25, 0.3) is 0 Å². The maximum absolute atomic E-state index is 8.57. The Morgan fingerprint density at radius 2 is 0.615 bits per heavy atom. The van der Waals surface area contributed by atoms with Gasteiger partial charge in [-0.05, 0) is 0 Å². The predicted molar refractivity (Wildman–Crippen MR) is 43.5 cm³/mol. The lowest BCUT2D eigenvalue weighted by Crippen LogP contribution is -2.63. The van der Waals surface area contributed by atoms with Crippen molar-refractivity contribution in [3.05, 3.63) is 0 Å². The summed E-state index contributed by atoms with van der Waals surface area (Å²) in [6.45, 7) is 0. The first kappa shape index (κ1) is 12.9. The van der Waals surface area contributed by atoms with E-state index in [1.54, 1.807) is 0 Å². The minimum Gasteiger partial charge on any atom is -0.428 e. The van der Waals surface area contributed by atoms with Gasteiger partial charge in [0.25, 0.3) is 0 Å². The largest absolute Gasteiger partial charge is 0.451 e. The van der Waals surface area contributed by atoms with E-state index in [0.717, 1.165) is 0 Å². The van der Waals surface area contributed by atoms with E-state index in [9.17, 15) is 0 Å². The fourth-order valence-electron chi connectivity index (χ4n) is 0.800. The number of rotatable bonds is 4. The molecule has 0 aromatic rings. The van der Waals surface area contributed by atoms with Crippen molar-refractivity contribution in [2.45, 2.75) is 5.01 Å². The van der Waals surface area contributed by atoms with E-state index in [1.807, 2.05) is 0 Å². The minimum atomic E-state index is -3.06. The van der Waals surface area contributed by atoms with E-state index >= 15 is 0 Å². The molecular weight excluding hydrogens is 183 g/mol. The van der Waals surface area contributed by atoms with Gasteiger partial charge in [-0.25, -0.2) is 0 Å². The van der Waals surface area contributed by atoms with Gasteiger partial charge in [-0.3, -0.25) is 0 Å². The zero-order valence-corrected chi connectivity index (χ0v) is 6.39. The van der Waals surface area contributed by atoms with Gasteiger partial charge < -0.3 is 40.2 Å². The van der Waals surface area contributed by atoms with Crippen LogP contribution in [0.4, 0.5) is 0 Å². The van der Waals surface area contributed by atoms with Crippen molar-refractivity contribution in [1.82, 2.24) is 0 Å². The number of hydrogen-bond donors (Lipinski definition) is 8. The zero-order chi connectivity index (χ0) is 10.8. The summed E-state index contributed by atoms with van der Waals surface area (Å²) in [5, 5.41) is 65.5. The van der Waals surface area contributed by atoms with Crippen LogP contribution >= 0.6 is 0 Å². The van der Waals surface area contributed by atoms with Crippen LogP contribution in [0.5, 0.6) is 0 Å². The second kappa shape index (κ2) is 4.44. The molecule has 0 saturated heterocycles. The highest BCUT2D eigenvalue weighted by Gasteiger charge is 2.67. The van der Waals surface area contributed by atoms with Gasteiger partial charge in [0, 0.05) is 0 Å². The van der Waals surface area contributed by atoms with Gasteiger partial charge in [-0.15, -0.1) is 0 Å². The Labute approximate surface area is 74.7 Å². The van der Waals surface area contributed by atoms with Gasteiger partial charge in [0.1, 0.15) is 5.01 Å². The molecule has 0 aliphatic rings. The standard InChI is InChI=1S/CH8B4O8/c6-2(7)1(3(8)9,4(10)11)5(12)13/h6-13H. The predicted octanol–water partition coefficient (Wildman–Crippen LogP) is -5.76. The first-order valence-electron chi connectivity index (χ1n) is 3.22. The molecule has 0 aliphatic carbocycles. The molecule has 0 unspecified atom stereocenters. The van der Waals surface area contributed by atoms with Gasteiger partial charge in [0.05, 0.1) is 0 Å². The summed E-state index contributed by atoms with van der Waals surface area (Å²) in [4.78, 5) is 0. The van der Waals surface area contributed by atoms with Crippen molar-refractivity contribution >= 4 is 28.5 Å². The summed E-state index contributed by atoms with van der Waals surface area (Å²) >= 11 is 0. The molecule has 8 N–H and O–H groups in total. The highest BCUT2D eigenvalue weighted by atomic mass is 16.4. The molecule has 0 rings (SSSR count). The molecule has 12 heteroatoms. The third kappa shape index (κ3) is 2.06. The average Bonchev–Trinajstić information content (AvgIpc) is 1.82. The smallest absolute Gasteiger partial charge is 0.428 e. The van der Waals surface area contributed by atoms with E-state index in [0.29, 0.717) is 0 Å². The highest BCUT2D eigenvalue weighted by molar-refractivity contribution is 7.01. The summed E-state index contributed by atoms with van der Waals surface area (Å²) in [6.07, 6.45) is 0. The van der Waals surface area contributed by atoms with Gasteiger partial charge in [-0.1, -0.05) is 0 Å². The highest BCUT2D eigenvalue weighted by Crippen LogP contribution is 2.31. The van der Waals surface area contributed by atoms with E-state index in [4.69, 9.17) is 40.2 Å². The molecule has 8 nitrogen and oxygen atoms in total. The Balaban J connectivity index is 5.06. The van der Waals surface area contributed by atoms with Crippen LogP contribution in [-0.4, -0.2) is 68.7 Å². The van der Waals surface area contributed by atoms with E-state index in [1.165, 1.54) is 0 Å². The van der Waals surface area contributed by atoms with Gasteiger partial charge >= 0.3 is 28.5 Å². The lowest BCUT2D eigenvalue weighted by molar-refractivity contribution is 0.301. The van der Waals surface area contributed by atoms with E-state index in [2.05, 4.69) is 0 Å². The molecule has 0 aromatic carbocycles. The maximum Gasteiger partial charge on any atom is 0.451 e. The van der Waals surface area contributed by atoms with Crippen LogP contribution in [-0.2, 0) is 0 Å². The molecule has 0 atom stereocenters. The molecule has 0 bridgehead atoms. The average molecular weight is 191 g/mol. The van der Waals surface area contributed by atoms with Crippen molar-refractivity contribution in [3.63, 3.8) is 0 Å². The summed E-state index contributed by atoms with van der Waals surface area (Å²) in [5.41, 5.74) is 0. The summed E-state index contributed by atoms with van der Waals surface area (Å²) in [6, 6.07) is 0. The van der Waals surface area contributed by atoms with Crippen molar-refractivity contribution in [2.75, 3.05) is 0 Å². The third-order valence-electron chi connectivity index (χ3n) is 1.79. The second-order valence-corrected chi connectivity index (χ2v) is 2.49. The number of hydrogen-bond acceptors (Lipinski definition) is 8. The van der Waals surface area contributed by atoms with Gasteiger partial charge in [0.15, 0.2) is 0 Å². The van der Waals surface area contributed by atoms with Crippen molar-refractivity contribution in [2.24, 2.45) is 0 Å². The zero-order valence-electron chi connectivity index (χ0n) is 6.39. The van der Waals surface area contributed by atoms with Crippen molar-refractivity contribution in [1.29, 1.82) is 0 Å². The van der Waals surface area contributed by atoms with Gasteiger partial charge in [0.2, 0.25) is 0 Å². The Bertz CT molecular complexity index is 119. The molecule has 0 saturated carbocycles. The molecule has 0 heterocycles. The Morgan fingerprint density at radius 3 is 0.615 bits per heavy atom. The molecule has 0 fully saturated rings. The topological polar surface area (TPSA) is 162 Å². The van der Waals surface area contributed by atoms with E-state index in [-0.39, 0.29) is 0 Å². The Hall–Kier alpha value is -0.0603. The second-order valence-electron chi connectivity index (χ2n) is 2.49. The van der Waals surface area contributed by atoms with Crippen LogP contribution in [0.15, 0.2) is 0 Å². The molecule has 0 amide bonds. The molecule has 72 valence electrons. The fourth-order valence-corrected chi connectivity index (χ4v) is 0.800.